The second kappa shape index (κ2) is 8.07. The molecule has 0 aliphatic heterocycles. The molecule has 0 unspecified atom stereocenters. The van der Waals surface area contributed by atoms with E-state index in [1.54, 1.807) is 0 Å². The summed E-state index contributed by atoms with van der Waals surface area (Å²) in [5.41, 5.74) is 1.15. The molecule has 0 radical (unpaired) electrons. The molecule has 17 heavy (non-hydrogen) atoms. The van der Waals surface area contributed by atoms with Gasteiger partial charge in [0, 0.05) is 18.7 Å². The fraction of sp³-hybridized carbons (Fsp3) is 0.643. The van der Waals surface area contributed by atoms with Gasteiger partial charge in [-0.25, -0.2) is 0 Å². The lowest BCUT2D eigenvalue weighted by atomic mass is 10.2. The van der Waals surface area contributed by atoms with Crippen LogP contribution in [0.25, 0.3) is 0 Å². The molecule has 0 spiro atoms. The van der Waals surface area contributed by atoms with Crippen LogP contribution >= 0.6 is 0 Å². The van der Waals surface area contributed by atoms with Gasteiger partial charge in [0.25, 0.3) is 0 Å². The van der Waals surface area contributed by atoms with Crippen LogP contribution in [0.15, 0.2) is 24.4 Å². The Morgan fingerprint density at radius 1 is 1.35 bits per heavy atom. The standard InChI is InChI=1S/C14H25N3/c1-4-10-15-11-7-5-6-8-14-9-12-17(16-14)13(2)3/h5-6,9,12-13,15H,4,7-8,10-11H2,1-3H3. The van der Waals surface area contributed by atoms with Crippen LogP contribution in [0, 0.1) is 0 Å². The fourth-order valence-corrected chi connectivity index (χ4v) is 1.58. The quantitative estimate of drug-likeness (QED) is 0.554. The minimum Gasteiger partial charge on any atom is -0.316 e. The average Bonchev–Trinajstić information content (AvgIpc) is 2.77. The van der Waals surface area contributed by atoms with Gasteiger partial charge < -0.3 is 5.32 Å². The summed E-state index contributed by atoms with van der Waals surface area (Å²) in [6.07, 6.45) is 9.74. The molecule has 0 aliphatic carbocycles. The van der Waals surface area contributed by atoms with Crippen LogP contribution in [0.2, 0.25) is 0 Å². The largest absolute Gasteiger partial charge is 0.316 e. The van der Waals surface area contributed by atoms with Crippen molar-refractivity contribution in [1.29, 1.82) is 0 Å². The van der Waals surface area contributed by atoms with Gasteiger partial charge in [0.05, 0.1) is 5.69 Å². The maximum absolute atomic E-state index is 4.51. The second-order valence-corrected chi connectivity index (χ2v) is 4.60. The van der Waals surface area contributed by atoms with Gasteiger partial charge in [0.1, 0.15) is 0 Å². The number of rotatable bonds is 8. The Labute approximate surface area is 105 Å². The van der Waals surface area contributed by atoms with Crippen LogP contribution in [0.1, 0.15) is 45.3 Å². The van der Waals surface area contributed by atoms with Crippen molar-refractivity contribution in [3.63, 3.8) is 0 Å². The van der Waals surface area contributed by atoms with E-state index in [1.807, 2.05) is 4.68 Å². The molecule has 0 aliphatic rings. The highest BCUT2D eigenvalue weighted by atomic mass is 15.3. The molecule has 0 atom stereocenters. The fourth-order valence-electron chi connectivity index (χ4n) is 1.58. The summed E-state index contributed by atoms with van der Waals surface area (Å²) in [6.45, 7) is 8.67. The lowest BCUT2D eigenvalue weighted by Crippen LogP contribution is -2.15. The number of hydrogen-bond donors (Lipinski definition) is 1. The van der Waals surface area contributed by atoms with E-state index in [0.29, 0.717) is 6.04 Å². The van der Waals surface area contributed by atoms with E-state index in [9.17, 15) is 0 Å². The van der Waals surface area contributed by atoms with Crippen molar-refractivity contribution in [2.45, 2.75) is 46.1 Å². The first-order valence-electron chi connectivity index (χ1n) is 6.63. The molecule has 0 saturated heterocycles. The molecule has 1 rings (SSSR count). The van der Waals surface area contributed by atoms with Crippen LogP contribution in [-0.4, -0.2) is 22.9 Å². The topological polar surface area (TPSA) is 29.9 Å². The Morgan fingerprint density at radius 3 is 2.82 bits per heavy atom. The molecular weight excluding hydrogens is 210 g/mol. The van der Waals surface area contributed by atoms with E-state index in [1.165, 1.54) is 6.42 Å². The monoisotopic (exact) mass is 235 g/mol. The number of hydrogen-bond acceptors (Lipinski definition) is 2. The minimum absolute atomic E-state index is 0.450. The highest BCUT2D eigenvalue weighted by Crippen LogP contribution is 2.05. The Balaban J connectivity index is 2.18. The molecule has 3 heteroatoms. The van der Waals surface area contributed by atoms with Crippen LogP contribution < -0.4 is 5.32 Å². The van der Waals surface area contributed by atoms with Crippen molar-refractivity contribution in [2.24, 2.45) is 0 Å². The highest BCUT2D eigenvalue weighted by molar-refractivity contribution is 5.05. The normalized spacial score (nSPS) is 11.8. The molecule has 3 nitrogen and oxygen atoms in total. The molecule has 1 heterocycles. The molecule has 0 bridgehead atoms. The SMILES string of the molecule is CCCNCCC=CCc1ccn(C(C)C)n1. The van der Waals surface area contributed by atoms with Gasteiger partial charge in [-0.05, 0) is 45.8 Å². The van der Waals surface area contributed by atoms with E-state index in [-0.39, 0.29) is 0 Å². The average molecular weight is 235 g/mol. The van der Waals surface area contributed by atoms with Crippen molar-refractivity contribution in [3.05, 3.63) is 30.1 Å². The third kappa shape index (κ3) is 5.68. The summed E-state index contributed by atoms with van der Waals surface area (Å²) in [5, 5.41) is 7.89. The van der Waals surface area contributed by atoms with E-state index in [0.717, 1.165) is 31.6 Å². The van der Waals surface area contributed by atoms with Gasteiger partial charge in [-0.2, -0.15) is 5.10 Å². The van der Waals surface area contributed by atoms with E-state index < -0.39 is 0 Å². The second-order valence-electron chi connectivity index (χ2n) is 4.60. The van der Waals surface area contributed by atoms with Gasteiger partial charge in [-0.1, -0.05) is 19.1 Å². The van der Waals surface area contributed by atoms with Crippen LogP contribution in [-0.2, 0) is 6.42 Å². The van der Waals surface area contributed by atoms with Crippen molar-refractivity contribution < 1.29 is 0 Å². The zero-order valence-electron chi connectivity index (χ0n) is 11.3. The predicted octanol–water partition coefficient (Wildman–Crippen LogP) is 2.95. The van der Waals surface area contributed by atoms with Crippen molar-refractivity contribution >= 4 is 0 Å². The smallest absolute Gasteiger partial charge is 0.0662 e. The molecule has 1 aromatic rings. The third-order valence-corrected chi connectivity index (χ3v) is 2.60. The number of nitrogens with zero attached hydrogens (tertiary/aromatic N) is 2. The predicted molar refractivity (Wildman–Crippen MR) is 73.2 cm³/mol. The molecule has 0 saturated carbocycles. The molecule has 1 N–H and O–H groups in total. The molecule has 0 fully saturated rings. The lowest BCUT2D eigenvalue weighted by Gasteiger charge is -2.03. The van der Waals surface area contributed by atoms with Crippen LogP contribution in [0.5, 0.6) is 0 Å². The van der Waals surface area contributed by atoms with Crippen molar-refractivity contribution in [2.75, 3.05) is 13.1 Å². The molecular formula is C14H25N3. The summed E-state index contributed by atoms with van der Waals surface area (Å²) >= 11 is 0. The van der Waals surface area contributed by atoms with Gasteiger partial charge in [-0.3, -0.25) is 4.68 Å². The van der Waals surface area contributed by atoms with E-state index in [4.69, 9.17) is 0 Å². The lowest BCUT2D eigenvalue weighted by molar-refractivity contribution is 0.528. The van der Waals surface area contributed by atoms with E-state index >= 15 is 0 Å². The zero-order chi connectivity index (χ0) is 12.5. The third-order valence-electron chi connectivity index (χ3n) is 2.60. The first-order chi connectivity index (χ1) is 8.24. The highest BCUT2D eigenvalue weighted by Gasteiger charge is 1.99. The Hall–Kier alpha value is -1.09. The Bertz CT molecular complexity index is 326. The first kappa shape index (κ1) is 14.0. The maximum Gasteiger partial charge on any atom is 0.0662 e. The number of aromatic nitrogens is 2. The van der Waals surface area contributed by atoms with Gasteiger partial charge in [0.2, 0.25) is 0 Å². The summed E-state index contributed by atoms with van der Waals surface area (Å²) in [4.78, 5) is 0. The molecule has 96 valence electrons. The summed E-state index contributed by atoms with van der Waals surface area (Å²) < 4.78 is 2.01. The van der Waals surface area contributed by atoms with Gasteiger partial charge in [-0.15, -0.1) is 0 Å². The van der Waals surface area contributed by atoms with Crippen molar-refractivity contribution in [1.82, 2.24) is 15.1 Å². The zero-order valence-corrected chi connectivity index (χ0v) is 11.3. The summed E-state index contributed by atoms with van der Waals surface area (Å²) in [7, 11) is 0. The molecule has 1 aromatic heterocycles. The summed E-state index contributed by atoms with van der Waals surface area (Å²) in [6, 6.07) is 2.55. The first-order valence-corrected chi connectivity index (χ1v) is 6.63. The van der Waals surface area contributed by atoms with Crippen LogP contribution in [0.3, 0.4) is 0 Å². The van der Waals surface area contributed by atoms with Crippen molar-refractivity contribution in [3.8, 4) is 0 Å². The molecule has 0 aromatic carbocycles. The van der Waals surface area contributed by atoms with Gasteiger partial charge in [0.15, 0.2) is 0 Å². The van der Waals surface area contributed by atoms with Crippen LogP contribution in [0.4, 0.5) is 0 Å². The van der Waals surface area contributed by atoms with E-state index in [2.05, 4.69) is 55.6 Å². The number of nitrogens with one attached hydrogen (secondary N) is 1. The maximum atomic E-state index is 4.51. The molecule has 0 amide bonds. The number of allylic oxidation sites excluding steroid dienone is 1. The Morgan fingerprint density at radius 2 is 2.18 bits per heavy atom. The Kier molecular flexibility index (Phi) is 6.63. The van der Waals surface area contributed by atoms with Gasteiger partial charge >= 0.3 is 0 Å². The summed E-state index contributed by atoms with van der Waals surface area (Å²) in [5.74, 6) is 0. The minimum atomic E-state index is 0.450.